The summed E-state index contributed by atoms with van der Waals surface area (Å²) in [5, 5.41) is 10.3. The van der Waals surface area contributed by atoms with Crippen molar-refractivity contribution in [3.8, 4) is 0 Å². The Balaban J connectivity index is 1.52. The predicted molar refractivity (Wildman–Crippen MR) is 155 cm³/mol. The highest BCUT2D eigenvalue weighted by atomic mass is 32.2. The molecule has 2 aliphatic rings. The molecule has 1 fully saturated rings. The first-order valence-electron chi connectivity index (χ1n) is 12.9. The lowest BCUT2D eigenvalue weighted by atomic mass is 9.98. The van der Waals surface area contributed by atoms with E-state index in [0.29, 0.717) is 10.9 Å². The van der Waals surface area contributed by atoms with Crippen LogP contribution in [0, 0.1) is 0 Å². The van der Waals surface area contributed by atoms with Crippen LogP contribution in [0.4, 0.5) is 0 Å². The summed E-state index contributed by atoms with van der Waals surface area (Å²) >= 11 is 2.73. The lowest BCUT2D eigenvalue weighted by molar-refractivity contribution is -0.206. The summed E-state index contributed by atoms with van der Waals surface area (Å²) < 4.78 is 24.6. The van der Waals surface area contributed by atoms with E-state index in [1.807, 2.05) is 0 Å². The Morgan fingerprint density at radius 1 is 0.756 bits per heavy atom. The van der Waals surface area contributed by atoms with Crippen LogP contribution in [0.5, 0.6) is 0 Å². The highest BCUT2D eigenvalue weighted by Gasteiger charge is 2.53. The lowest BCUT2D eigenvalue weighted by Crippen LogP contribution is -2.61. The Morgan fingerprint density at radius 3 is 1.66 bits per heavy atom. The molecule has 0 radical (unpaired) electrons. The Hall–Kier alpha value is -3.64. The van der Waals surface area contributed by atoms with Crippen molar-refractivity contribution in [1.82, 2.24) is 0 Å². The SMILES string of the molecule is O=C(O[C@@H]1[C@@H](OC(=O)c2ccccc2)[C@H](SC2=NCCS2)O[C@H](CO)[C@H]1OC(=O)c1ccccc1)c1ccccc1. The van der Waals surface area contributed by atoms with Crippen molar-refractivity contribution >= 4 is 45.8 Å². The molecule has 11 heteroatoms. The fourth-order valence-electron chi connectivity index (χ4n) is 4.31. The Morgan fingerprint density at radius 2 is 1.22 bits per heavy atom. The van der Waals surface area contributed by atoms with Crippen LogP contribution >= 0.6 is 23.5 Å². The number of carbonyl (C=O) groups is 3. The first-order valence-corrected chi connectivity index (χ1v) is 14.8. The normalized spacial score (nSPS) is 23.7. The number of benzene rings is 3. The van der Waals surface area contributed by atoms with Gasteiger partial charge in [-0.05, 0) is 36.4 Å². The average molecular weight is 594 g/mol. The summed E-state index contributed by atoms with van der Waals surface area (Å²) in [6, 6.07) is 24.9. The second-order valence-electron chi connectivity index (χ2n) is 9.05. The molecule has 212 valence electrons. The second-order valence-corrected chi connectivity index (χ2v) is 11.5. The lowest BCUT2D eigenvalue weighted by Gasteiger charge is -2.44. The summed E-state index contributed by atoms with van der Waals surface area (Å²) in [6.45, 7) is 0.0729. The van der Waals surface area contributed by atoms with Crippen LogP contribution in [0.3, 0.4) is 0 Å². The molecular weight excluding hydrogens is 566 g/mol. The molecule has 2 heterocycles. The number of ether oxygens (including phenoxy) is 4. The van der Waals surface area contributed by atoms with E-state index in [2.05, 4.69) is 4.99 Å². The number of carbonyl (C=O) groups excluding carboxylic acids is 3. The summed E-state index contributed by atoms with van der Waals surface area (Å²) in [5.41, 5.74) is -0.146. The predicted octanol–water partition coefficient (Wildman–Crippen LogP) is 4.22. The first-order chi connectivity index (χ1) is 20.0. The molecule has 5 atom stereocenters. The van der Waals surface area contributed by atoms with Crippen LogP contribution in [0.2, 0.25) is 0 Å². The zero-order valence-electron chi connectivity index (χ0n) is 21.7. The van der Waals surface area contributed by atoms with Gasteiger partial charge in [-0.25, -0.2) is 14.4 Å². The topological polar surface area (TPSA) is 121 Å². The molecule has 0 amide bonds. The van der Waals surface area contributed by atoms with E-state index in [1.54, 1.807) is 91.0 Å². The monoisotopic (exact) mass is 593 g/mol. The van der Waals surface area contributed by atoms with Crippen molar-refractivity contribution in [3.63, 3.8) is 0 Å². The zero-order chi connectivity index (χ0) is 28.6. The largest absolute Gasteiger partial charge is 0.452 e. The minimum Gasteiger partial charge on any atom is -0.452 e. The molecule has 0 saturated carbocycles. The smallest absolute Gasteiger partial charge is 0.338 e. The quantitative estimate of drug-likeness (QED) is 0.300. The minimum atomic E-state index is -1.32. The summed E-state index contributed by atoms with van der Waals surface area (Å²) in [7, 11) is 0. The third-order valence-corrected chi connectivity index (χ3v) is 8.65. The van der Waals surface area contributed by atoms with Gasteiger partial charge >= 0.3 is 17.9 Å². The molecule has 5 rings (SSSR count). The Bertz CT molecular complexity index is 1370. The van der Waals surface area contributed by atoms with Crippen LogP contribution in [-0.4, -0.2) is 76.1 Å². The number of aliphatic hydroxyl groups excluding tert-OH is 1. The van der Waals surface area contributed by atoms with Crippen molar-refractivity contribution < 1.29 is 38.4 Å². The number of hydrogen-bond donors (Lipinski definition) is 1. The molecule has 0 aromatic heterocycles. The molecule has 3 aromatic rings. The van der Waals surface area contributed by atoms with Gasteiger partial charge in [0, 0.05) is 5.75 Å². The van der Waals surface area contributed by atoms with Crippen molar-refractivity contribution in [2.45, 2.75) is 29.9 Å². The highest BCUT2D eigenvalue weighted by Crippen LogP contribution is 2.38. The zero-order valence-corrected chi connectivity index (χ0v) is 23.4. The van der Waals surface area contributed by atoms with Crippen LogP contribution in [0.1, 0.15) is 31.1 Å². The van der Waals surface area contributed by atoms with Gasteiger partial charge in [0.15, 0.2) is 23.7 Å². The summed E-state index contributed by atoms with van der Waals surface area (Å²) in [5.74, 6) is -1.32. The van der Waals surface area contributed by atoms with E-state index in [9.17, 15) is 19.5 Å². The number of esters is 3. The van der Waals surface area contributed by atoms with E-state index in [-0.39, 0.29) is 16.7 Å². The number of thioether (sulfide) groups is 2. The van der Waals surface area contributed by atoms with Crippen LogP contribution in [0.25, 0.3) is 0 Å². The van der Waals surface area contributed by atoms with Crippen LogP contribution in [-0.2, 0) is 18.9 Å². The summed E-state index contributed by atoms with van der Waals surface area (Å²) in [6.07, 6.45) is -4.93. The van der Waals surface area contributed by atoms with E-state index < -0.39 is 54.4 Å². The Labute approximate surface area is 245 Å². The molecule has 9 nitrogen and oxygen atoms in total. The van der Waals surface area contributed by atoms with Crippen molar-refractivity contribution in [2.24, 2.45) is 4.99 Å². The number of aliphatic hydroxyl groups is 1. The fraction of sp³-hybridized carbons (Fsp3) is 0.267. The fourth-order valence-corrected chi connectivity index (χ4v) is 6.56. The van der Waals surface area contributed by atoms with Gasteiger partial charge in [0.05, 0.1) is 29.8 Å². The maximum Gasteiger partial charge on any atom is 0.338 e. The molecule has 0 unspecified atom stereocenters. The average Bonchev–Trinajstić information content (AvgIpc) is 3.54. The molecule has 1 N–H and O–H groups in total. The van der Waals surface area contributed by atoms with E-state index >= 15 is 0 Å². The van der Waals surface area contributed by atoms with E-state index in [1.165, 1.54) is 23.5 Å². The third kappa shape index (κ3) is 7.17. The molecule has 41 heavy (non-hydrogen) atoms. The molecule has 0 spiro atoms. The molecule has 0 aliphatic carbocycles. The van der Waals surface area contributed by atoms with Crippen LogP contribution in [0.15, 0.2) is 96.0 Å². The molecule has 1 saturated heterocycles. The van der Waals surface area contributed by atoms with Gasteiger partial charge in [-0.15, -0.1) is 0 Å². The highest BCUT2D eigenvalue weighted by molar-refractivity contribution is 8.39. The van der Waals surface area contributed by atoms with Crippen LogP contribution < -0.4 is 0 Å². The number of nitrogens with zero attached hydrogens (tertiary/aromatic N) is 1. The Kier molecular flexibility index (Phi) is 9.73. The molecular formula is C30H27NO8S2. The third-order valence-electron chi connectivity index (χ3n) is 6.30. The van der Waals surface area contributed by atoms with Gasteiger partial charge < -0.3 is 24.1 Å². The second kappa shape index (κ2) is 13.8. The molecule has 2 aliphatic heterocycles. The first kappa shape index (κ1) is 28.9. The van der Waals surface area contributed by atoms with Gasteiger partial charge in [0.2, 0.25) is 0 Å². The van der Waals surface area contributed by atoms with Gasteiger partial charge in [-0.2, -0.15) is 0 Å². The maximum absolute atomic E-state index is 13.3. The van der Waals surface area contributed by atoms with Crippen molar-refractivity contribution in [1.29, 1.82) is 0 Å². The number of rotatable bonds is 8. The molecule has 3 aromatic carbocycles. The standard InChI is InChI=1S/C30H27NO8S2/c32-18-22-23(37-26(33)19-10-4-1-5-11-19)24(38-27(34)20-12-6-2-7-13-20)25(29(36-22)41-30-31-16-17-40-30)39-28(35)21-14-8-3-9-15-21/h1-15,22-25,29,32H,16-18H2/t22-,23-,24+,25-,29+/m1/s1. The summed E-state index contributed by atoms with van der Waals surface area (Å²) in [4.78, 5) is 44.2. The van der Waals surface area contributed by atoms with E-state index in [0.717, 1.165) is 5.75 Å². The van der Waals surface area contributed by atoms with Crippen molar-refractivity contribution in [3.05, 3.63) is 108 Å². The van der Waals surface area contributed by atoms with E-state index in [4.69, 9.17) is 18.9 Å². The van der Waals surface area contributed by atoms with Gasteiger partial charge in [-0.1, -0.05) is 78.1 Å². The van der Waals surface area contributed by atoms with Gasteiger partial charge in [-0.3, -0.25) is 4.99 Å². The number of aliphatic imine (C=N–C) groups is 1. The minimum absolute atomic E-state index is 0.251. The molecule has 0 bridgehead atoms. The maximum atomic E-state index is 13.3. The van der Waals surface area contributed by atoms with Gasteiger partial charge in [0.1, 0.15) is 10.5 Å². The van der Waals surface area contributed by atoms with Crippen molar-refractivity contribution in [2.75, 3.05) is 18.9 Å². The van der Waals surface area contributed by atoms with Gasteiger partial charge in [0.25, 0.3) is 0 Å². The number of hydrogen-bond acceptors (Lipinski definition) is 11.